The third-order valence-corrected chi connectivity index (χ3v) is 6.23. The third-order valence-electron chi connectivity index (χ3n) is 4.16. The fourth-order valence-electron chi connectivity index (χ4n) is 2.59. The van der Waals surface area contributed by atoms with Crippen molar-refractivity contribution in [3.8, 4) is 0 Å². The van der Waals surface area contributed by atoms with Gasteiger partial charge < -0.3 is 5.11 Å². The molecular weight excluding hydrogens is 392 g/mol. The highest BCUT2D eigenvalue weighted by Crippen LogP contribution is 2.40. The Kier molecular flexibility index (Phi) is 5.87. The van der Waals surface area contributed by atoms with Crippen LogP contribution < -0.4 is 0 Å². The van der Waals surface area contributed by atoms with Crippen LogP contribution in [0.1, 0.15) is 38.1 Å². The van der Waals surface area contributed by atoms with E-state index in [4.69, 9.17) is 0 Å². The van der Waals surface area contributed by atoms with Crippen LogP contribution in [0.5, 0.6) is 0 Å². The number of hydrogen-bond donors (Lipinski definition) is 1. The normalized spacial score (nSPS) is 15.1. The van der Waals surface area contributed by atoms with Gasteiger partial charge in [0, 0.05) is 22.8 Å². The molecule has 27 heavy (non-hydrogen) atoms. The van der Waals surface area contributed by atoms with Gasteiger partial charge in [-0.3, -0.25) is 0 Å². The predicted octanol–water partition coefficient (Wildman–Crippen LogP) is 3.60. The van der Waals surface area contributed by atoms with Crippen LogP contribution >= 0.6 is 23.3 Å². The van der Waals surface area contributed by atoms with E-state index >= 15 is 0 Å². The summed E-state index contributed by atoms with van der Waals surface area (Å²) in [5, 5.41) is 14.9. The Morgan fingerprint density at radius 3 is 2.67 bits per heavy atom. The summed E-state index contributed by atoms with van der Waals surface area (Å²) in [5.41, 5.74) is -1.67. The van der Waals surface area contributed by atoms with Gasteiger partial charge in [-0.2, -0.15) is 9.47 Å². The lowest BCUT2D eigenvalue weighted by molar-refractivity contribution is 0.0133. The van der Waals surface area contributed by atoms with Gasteiger partial charge in [0.25, 0.3) is 0 Å². The van der Waals surface area contributed by atoms with Gasteiger partial charge in [0.2, 0.25) is 0 Å². The maximum atomic E-state index is 14.5. The van der Waals surface area contributed by atoms with Crippen LogP contribution in [-0.4, -0.2) is 34.5 Å². The van der Waals surface area contributed by atoms with Gasteiger partial charge in [0.15, 0.2) is 4.34 Å². The van der Waals surface area contributed by atoms with Crippen molar-refractivity contribution in [3.63, 3.8) is 0 Å². The van der Waals surface area contributed by atoms with Crippen molar-refractivity contribution in [1.29, 1.82) is 0 Å². The van der Waals surface area contributed by atoms with E-state index in [1.807, 2.05) is 13.8 Å². The summed E-state index contributed by atoms with van der Waals surface area (Å²) in [4.78, 5) is 8.32. The second kappa shape index (κ2) is 7.99. The van der Waals surface area contributed by atoms with Gasteiger partial charge in [-0.1, -0.05) is 31.7 Å². The van der Waals surface area contributed by atoms with Crippen LogP contribution in [0.25, 0.3) is 0 Å². The highest BCUT2D eigenvalue weighted by atomic mass is 32.2. The number of nitrogens with zero attached hydrogens (tertiary/aromatic N) is 5. The minimum atomic E-state index is -1.67. The van der Waals surface area contributed by atoms with E-state index in [2.05, 4.69) is 19.4 Å². The van der Waals surface area contributed by atoms with Crippen LogP contribution in [0.2, 0.25) is 0 Å². The largest absolute Gasteiger partial charge is 0.382 e. The molecule has 2 unspecified atom stereocenters. The molecule has 0 aliphatic carbocycles. The molecule has 0 saturated carbocycles. The summed E-state index contributed by atoms with van der Waals surface area (Å²) in [6.45, 7) is 5.71. The van der Waals surface area contributed by atoms with Crippen molar-refractivity contribution in [2.45, 2.75) is 48.4 Å². The van der Waals surface area contributed by atoms with Crippen molar-refractivity contribution < 1.29 is 13.9 Å². The number of hydrogen-bond acceptors (Lipinski definition) is 7. The van der Waals surface area contributed by atoms with Gasteiger partial charge in [-0.05, 0) is 24.5 Å². The molecule has 3 aromatic rings. The van der Waals surface area contributed by atoms with Gasteiger partial charge in [-0.25, -0.2) is 23.4 Å². The zero-order valence-corrected chi connectivity index (χ0v) is 16.6. The molecule has 0 amide bonds. The summed E-state index contributed by atoms with van der Waals surface area (Å²) in [5.74, 6) is -0.604. The van der Waals surface area contributed by atoms with Crippen molar-refractivity contribution in [1.82, 2.24) is 24.1 Å². The van der Waals surface area contributed by atoms with E-state index in [1.54, 1.807) is 6.92 Å². The molecule has 144 valence electrons. The molecule has 0 radical (unpaired) electrons. The zero-order chi connectivity index (χ0) is 19.6. The monoisotopic (exact) mass is 411 g/mol. The SMILES string of the molecule is CC(C)c1nsc(SC(C)C(O)(Cn2cncn2)c2ccc(F)cc2F)n1. The molecule has 10 heteroatoms. The first-order chi connectivity index (χ1) is 12.8. The molecule has 0 fully saturated rings. The minimum Gasteiger partial charge on any atom is -0.382 e. The fraction of sp³-hybridized carbons (Fsp3) is 0.412. The lowest BCUT2D eigenvalue weighted by atomic mass is 9.90. The molecule has 0 aliphatic heterocycles. The summed E-state index contributed by atoms with van der Waals surface area (Å²) in [7, 11) is 0. The van der Waals surface area contributed by atoms with Crippen LogP contribution in [0.3, 0.4) is 0 Å². The van der Waals surface area contributed by atoms with Crippen molar-refractivity contribution in [2.24, 2.45) is 0 Å². The zero-order valence-electron chi connectivity index (χ0n) is 15.0. The molecule has 2 atom stereocenters. The number of rotatable bonds is 7. The van der Waals surface area contributed by atoms with E-state index in [0.717, 1.165) is 18.0 Å². The molecule has 0 saturated heterocycles. The Morgan fingerprint density at radius 2 is 2.07 bits per heavy atom. The van der Waals surface area contributed by atoms with E-state index in [9.17, 15) is 13.9 Å². The first-order valence-electron chi connectivity index (χ1n) is 8.30. The molecule has 6 nitrogen and oxygen atoms in total. The fourth-order valence-corrected chi connectivity index (χ4v) is 4.71. The highest BCUT2D eigenvalue weighted by molar-refractivity contribution is 8.01. The second-order valence-corrected chi connectivity index (χ2v) is 8.81. The van der Waals surface area contributed by atoms with Crippen molar-refractivity contribution in [3.05, 3.63) is 53.9 Å². The van der Waals surface area contributed by atoms with E-state index in [1.165, 1.54) is 46.7 Å². The Bertz CT molecular complexity index is 903. The average molecular weight is 412 g/mol. The number of halogens is 2. The van der Waals surface area contributed by atoms with Gasteiger partial charge in [0.05, 0.1) is 6.54 Å². The molecule has 0 aliphatic rings. The summed E-state index contributed by atoms with van der Waals surface area (Å²) in [6, 6.07) is 3.16. The number of aromatic nitrogens is 5. The van der Waals surface area contributed by atoms with Gasteiger partial charge in [-0.15, -0.1) is 0 Å². The molecule has 0 spiro atoms. The molecule has 2 heterocycles. The third kappa shape index (κ3) is 4.33. The lowest BCUT2D eigenvalue weighted by Gasteiger charge is -2.33. The Morgan fingerprint density at radius 1 is 1.30 bits per heavy atom. The van der Waals surface area contributed by atoms with Gasteiger partial charge >= 0.3 is 0 Å². The van der Waals surface area contributed by atoms with Crippen LogP contribution in [-0.2, 0) is 12.1 Å². The first-order valence-corrected chi connectivity index (χ1v) is 9.95. The van der Waals surface area contributed by atoms with Crippen molar-refractivity contribution >= 4 is 23.3 Å². The van der Waals surface area contributed by atoms with Crippen LogP contribution in [0.15, 0.2) is 35.2 Å². The number of aliphatic hydroxyl groups is 1. The summed E-state index contributed by atoms with van der Waals surface area (Å²) >= 11 is 2.53. The Balaban J connectivity index is 1.94. The smallest absolute Gasteiger partial charge is 0.170 e. The van der Waals surface area contributed by atoms with Crippen molar-refractivity contribution in [2.75, 3.05) is 0 Å². The molecule has 0 bridgehead atoms. The molecule has 2 aromatic heterocycles. The molecule has 3 rings (SSSR count). The van der Waals surface area contributed by atoms with Crippen LogP contribution in [0, 0.1) is 11.6 Å². The minimum absolute atomic E-state index is 0.00648. The maximum absolute atomic E-state index is 14.5. The topological polar surface area (TPSA) is 76.7 Å². The summed E-state index contributed by atoms with van der Waals surface area (Å²) < 4.78 is 34.3. The Labute approximate surface area is 163 Å². The predicted molar refractivity (Wildman–Crippen MR) is 99.6 cm³/mol. The van der Waals surface area contributed by atoms with E-state index in [0.29, 0.717) is 4.34 Å². The molecule has 1 N–H and O–H groups in total. The standard InChI is InChI=1S/C17H19F2N5OS2/c1-10(2)15-22-16(27-23-15)26-11(3)17(25,7-24-9-20-8-21-24)13-5-4-12(18)6-14(13)19/h4-6,8-11,25H,7H2,1-3H3. The number of benzene rings is 1. The molecule has 1 aromatic carbocycles. The lowest BCUT2D eigenvalue weighted by Crippen LogP contribution is -2.41. The van der Waals surface area contributed by atoms with Crippen LogP contribution in [0.4, 0.5) is 8.78 Å². The maximum Gasteiger partial charge on any atom is 0.170 e. The second-order valence-electron chi connectivity index (χ2n) is 6.47. The van der Waals surface area contributed by atoms with E-state index < -0.39 is 22.5 Å². The average Bonchev–Trinajstić information content (AvgIpc) is 3.26. The Hall–Kier alpha value is -1.91. The number of thioether (sulfide) groups is 1. The van der Waals surface area contributed by atoms with Gasteiger partial charge in [0.1, 0.15) is 35.7 Å². The highest BCUT2D eigenvalue weighted by Gasteiger charge is 2.40. The summed E-state index contributed by atoms with van der Waals surface area (Å²) in [6.07, 6.45) is 2.77. The molecular formula is C17H19F2N5OS2. The quantitative estimate of drug-likeness (QED) is 0.599. The van der Waals surface area contributed by atoms with E-state index in [-0.39, 0.29) is 18.0 Å². The first kappa shape index (κ1) is 19.8.